The van der Waals surface area contributed by atoms with Crippen LogP contribution in [-0.4, -0.2) is 45.4 Å². The van der Waals surface area contributed by atoms with Crippen LogP contribution in [0.15, 0.2) is 42.7 Å². The third-order valence-electron chi connectivity index (χ3n) is 5.90. The Labute approximate surface area is 171 Å². The molecule has 0 aliphatic heterocycles. The largest absolute Gasteiger partial charge is 0.391 e. The van der Waals surface area contributed by atoms with Crippen molar-refractivity contribution in [2.45, 2.75) is 63.6 Å². The molecule has 1 heterocycles. The van der Waals surface area contributed by atoms with Crippen LogP contribution >= 0.6 is 0 Å². The molecule has 156 valence electrons. The second-order valence-electron chi connectivity index (χ2n) is 7.87. The van der Waals surface area contributed by atoms with Crippen molar-refractivity contribution >= 4 is 11.8 Å². The number of nitrogens with one attached hydrogen (secondary N) is 2. The van der Waals surface area contributed by atoms with Gasteiger partial charge in [-0.15, -0.1) is 0 Å². The Morgan fingerprint density at radius 1 is 1.24 bits per heavy atom. The first kappa shape index (κ1) is 21.0. The zero-order valence-corrected chi connectivity index (χ0v) is 17.1. The monoisotopic (exact) mass is 398 g/mol. The second kappa shape index (κ2) is 9.22. The van der Waals surface area contributed by atoms with Gasteiger partial charge < -0.3 is 15.7 Å². The molecule has 7 heteroatoms. The normalized spacial score (nSPS) is 24.5. The average Bonchev–Trinajstić information content (AvgIpc) is 3.16. The molecule has 0 bridgehead atoms. The van der Waals surface area contributed by atoms with E-state index in [0.29, 0.717) is 31.5 Å². The minimum Gasteiger partial charge on any atom is -0.391 e. The number of carbonyl (C=O) groups excluding carboxylic acids is 2. The van der Waals surface area contributed by atoms with Gasteiger partial charge >= 0.3 is 0 Å². The van der Waals surface area contributed by atoms with Gasteiger partial charge in [-0.2, -0.15) is 5.10 Å². The highest BCUT2D eigenvalue weighted by atomic mass is 16.3. The van der Waals surface area contributed by atoms with Gasteiger partial charge in [0.1, 0.15) is 0 Å². The number of nitrogens with zero attached hydrogens (tertiary/aromatic N) is 2. The zero-order valence-electron chi connectivity index (χ0n) is 17.1. The first-order chi connectivity index (χ1) is 13.9. The molecule has 0 spiro atoms. The number of rotatable bonds is 6. The molecule has 29 heavy (non-hydrogen) atoms. The van der Waals surface area contributed by atoms with E-state index in [-0.39, 0.29) is 23.3 Å². The molecule has 1 saturated carbocycles. The van der Waals surface area contributed by atoms with Gasteiger partial charge in [0.2, 0.25) is 5.91 Å². The Morgan fingerprint density at radius 3 is 2.62 bits per heavy atom. The van der Waals surface area contributed by atoms with E-state index in [2.05, 4.69) is 27.9 Å². The molecule has 1 aromatic heterocycles. The van der Waals surface area contributed by atoms with Crippen molar-refractivity contribution in [1.29, 1.82) is 0 Å². The quantitative estimate of drug-likeness (QED) is 0.649. The summed E-state index contributed by atoms with van der Waals surface area (Å²) in [5.41, 5.74) is 1.38. The van der Waals surface area contributed by atoms with E-state index in [1.165, 1.54) is 6.92 Å². The Balaban J connectivity index is 1.79. The number of benzene rings is 1. The summed E-state index contributed by atoms with van der Waals surface area (Å²) < 4.78 is 1.72. The molecule has 3 atom stereocenters. The van der Waals surface area contributed by atoms with Crippen molar-refractivity contribution in [3.05, 3.63) is 53.9 Å². The Morgan fingerprint density at radius 2 is 1.97 bits per heavy atom. The highest BCUT2D eigenvalue weighted by Gasteiger charge is 2.38. The van der Waals surface area contributed by atoms with Crippen LogP contribution in [0.5, 0.6) is 0 Å². The number of aliphatic hydroxyl groups excluding tert-OH is 1. The van der Waals surface area contributed by atoms with E-state index in [1.807, 2.05) is 25.1 Å². The molecular formula is C22H30N4O3. The number of aryl methyl sites for hydroxylation is 1. The van der Waals surface area contributed by atoms with E-state index in [4.69, 9.17) is 0 Å². The van der Waals surface area contributed by atoms with E-state index >= 15 is 0 Å². The summed E-state index contributed by atoms with van der Waals surface area (Å²) in [5, 5.41) is 20.7. The van der Waals surface area contributed by atoms with Gasteiger partial charge in [-0.25, -0.2) is 0 Å². The predicted octanol–water partition coefficient (Wildman–Crippen LogP) is 2.01. The van der Waals surface area contributed by atoms with Crippen molar-refractivity contribution < 1.29 is 14.7 Å². The van der Waals surface area contributed by atoms with Gasteiger partial charge in [-0.3, -0.25) is 14.3 Å². The summed E-state index contributed by atoms with van der Waals surface area (Å²) in [6.07, 6.45) is 5.42. The molecular weight excluding hydrogens is 368 g/mol. The number of carbonyl (C=O) groups is 2. The lowest BCUT2D eigenvalue weighted by Crippen LogP contribution is -2.42. The molecule has 3 N–H and O–H groups in total. The molecule has 0 saturated heterocycles. The van der Waals surface area contributed by atoms with E-state index < -0.39 is 6.10 Å². The molecule has 2 aromatic rings. The molecule has 7 nitrogen and oxygen atoms in total. The third-order valence-corrected chi connectivity index (χ3v) is 5.90. The van der Waals surface area contributed by atoms with E-state index in [1.54, 1.807) is 17.1 Å². The minimum atomic E-state index is -0.594. The molecule has 1 aromatic carbocycles. The first-order valence-corrected chi connectivity index (χ1v) is 10.2. The van der Waals surface area contributed by atoms with Crippen LogP contribution in [0, 0.1) is 0 Å². The lowest BCUT2D eigenvalue weighted by molar-refractivity contribution is -0.120. The molecule has 0 unspecified atom stereocenters. The number of hydrogen-bond donors (Lipinski definition) is 3. The van der Waals surface area contributed by atoms with Gasteiger partial charge in [-0.05, 0) is 38.2 Å². The van der Waals surface area contributed by atoms with Crippen LogP contribution in [0.4, 0.5) is 0 Å². The van der Waals surface area contributed by atoms with Crippen LogP contribution in [0.3, 0.4) is 0 Å². The Bertz CT molecular complexity index is 836. The fourth-order valence-electron chi connectivity index (χ4n) is 4.17. The van der Waals surface area contributed by atoms with Crippen LogP contribution < -0.4 is 10.6 Å². The highest BCUT2D eigenvalue weighted by molar-refractivity contribution is 5.93. The Hall–Kier alpha value is -2.67. The molecule has 0 radical (unpaired) electrons. The van der Waals surface area contributed by atoms with Gasteiger partial charge in [0.25, 0.3) is 5.91 Å². The van der Waals surface area contributed by atoms with E-state index in [0.717, 1.165) is 18.4 Å². The van der Waals surface area contributed by atoms with Crippen molar-refractivity contribution in [3.8, 4) is 0 Å². The van der Waals surface area contributed by atoms with E-state index in [9.17, 15) is 14.7 Å². The fourth-order valence-corrected chi connectivity index (χ4v) is 4.17. The summed E-state index contributed by atoms with van der Waals surface area (Å²) in [7, 11) is 0. The van der Waals surface area contributed by atoms with Gasteiger partial charge in [0.05, 0.1) is 23.9 Å². The number of hydrogen-bond acceptors (Lipinski definition) is 4. The van der Waals surface area contributed by atoms with Crippen molar-refractivity contribution in [3.63, 3.8) is 0 Å². The standard InChI is InChI=1S/C22H30N4O3/c1-3-26-14-17(13-24-26)21(29)23-15-22(18-7-5-4-6-8-18)11-9-19(25-16(2)27)20(28)10-12-22/h4-8,13-14,19-20,28H,3,9-12,15H2,1-2H3,(H,23,29)(H,25,27)/t19-,20-,22-/m0/s1. The van der Waals surface area contributed by atoms with Gasteiger partial charge in [0, 0.05) is 31.6 Å². The second-order valence-corrected chi connectivity index (χ2v) is 7.87. The Kier molecular flexibility index (Phi) is 6.69. The SMILES string of the molecule is CCn1cc(C(=O)NC[C@]2(c3ccccc3)CC[C@H](NC(C)=O)[C@@H](O)CC2)cn1. The lowest BCUT2D eigenvalue weighted by Gasteiger charge is -2.34. The number of aromatic nitrogens is 2. The summed E-state index contributed by atoms with van der Waals surface area (Å²) in [6.45, 7) is 4.62. The highest BCUT2D eigenvalue weighted by Crippen LogP contribution is 2.38. The predicted molar refractivity (Wildman–Crippen MR) is 110 cm³/mol. The summed E-state index contributed by atoms with van der Waals surface area (Å²) >= 11 is 0. The third kappa shape index (κ3) is 5.03. The number of amides is 2. The fraction of sp³-hybridized carbons (Fsp3) is 0.500. The maximum atomic E-state index is 12.7. The summed E-state index contributed by atoms with van der Waals surface area (Å²) in [4.78, 5) is 24.2. The van der Waals surface area contributed by atoms with Crippen LogP contribution in [0.2, 0.25) is 0 Å². The lowest BCUT2D eigenvalue weighted by atomic mass is 9.74. The van der Waals surface area contributed by atoms with Crippen molar-refractivity contribution in [2.24, 2.45) is 0 Å². The zero-order chi connectivity index (χ0) is 20.9. The summed E-state index contributed by atoms with van der Waals surface area (Å²) in [6, 6.07) is 9.85. The smallest absolute Gasteiger partial charge is 0.254 e. The molecule has 1 fully saturated rings. The first-order valence-electron chi connectivity index (χ1n) is 10.2. The maximum absolute atomic E-state index is 12.7. The van der Waals surface area contributed by atoms with Crippen molar-refractivity contribution in [2.75, 3.05) is 6.54 Å². The molecule has 1 aliphatic carbocycles. The minimum absolute atomic E-state index is 0.137. The van der Waals surface area contributed by atoms with Gasteiger partial charge in [-0.1, -0.05) is 30.3 Å². The summed E-state index contributed by atoms with van der Waals surface area (Å²) in [5.74, 6) is -0.286. The number of aliphatic hydroxyl groups is 1. The van der Waals surface area contributed by atoms with Crippen molar-refractivity contribution in [1.82, 2.24) is 20.4 Å². The molecule has 3 rings (SSSR count). The molecule has 2 amide bonds. The van der Waals surface area contributed by atoms with Crippen LogP contribution in [0.1, 0.15) is 55.5 Å². The average molecular weight is 399 g/mol. The van der Waals surface area contributed by atoms with Gasteiger partial charge in [0.15, 0.2) is 0 Å². The van der Waals surface area contributed by atoms with Crippen LogP contribution in [0.25, 0.3) is 0 Å². The van der Waals surface area contributed by atoms with Crippen LogP contribution in [-0.2, 0) is 16.8 Å². The topological polar surface area (TPSA) is 96.2 Å². The molecule has 1 aliphatic rings. The maximum Gasteiger partial charge on any atom is 0.254 e.